The third kappa shape index (κ3) is 25.3. The number of hydrogen-bond acceptors (Lipinski definition) is 14. The molecular weight excluding hydrogens is 885 g/mol. The average Bonchev–Trinajstić information content (AvgIpc) is 3.30. The van der Waals surface area contributed by atoms with Crippen molar-refractivity contribution in [3.8, 4) is 0 Å². The number of allylic oxidation sites excluding steroid dienone is 4. The Kier molecular flexibility index (Phi) is 30.1. The van der Waals surface area contributed by atoms with Gasteiger partial charge in [0.2, 0.25) is 41.4 Å². The molecule has 7 N–H and O–H groups in total. The molecule has 7 amide bonds. The lowest BCUT2D eigenvalue weighted by Gasteiger charge is -2.33. The number of carboxylic acids is 1. The van der Waals surface area contributed by atoms with Gasteiger partial charge in [0.1, 0.15) is 24.2 Å². The maximum absolute atomic E-state index is 14.1. The van der Waals surface area contributed by atoms with Crippen molar-refractivity contribution in [1.29, 1.82) is 0 Å². The lowest BCUT2D eigenvalue weighted by Crippen LogP contribution is -2.58. The number of rotatable bonds is 31. The predicted octanol–water partition coefficient (Wildman–Crippen LogP) is -0.0447. The van der Waals surface area contributed by atoms with Crippen molar-refractivity contribution in [3.63, 3.8) is 0 Å². The van der Waals surface area contributed by atoms with Crippen molar-refractivity contribution in [2.75, 3.05) is 92.8 Å². The first-order valence-electron chi connectivity index (χ1n) is 22.7. The van der Waals surface area contributed by atoms with Crippen LogP contribution in [0.4, 0.5) is 0 Å². The Balaban J connectivity index is 1.84. The van der Waals surface area contributed by atoms with E-state index < -0.39 is 80.7 Å². The second-order valence-electron chi connectivity index (χ2n) is 15.7. The number of carbonyl (C=O) groups excluding carboxylic acids is 7. The van der Waals surface area contributed by atoms with Crippen LogP contribution in [0.1, 0.15) is 77.6 Å². The zero-order chi connectivity index (χ0) is 48.5. The monoisotopic (exact) mass is 957 g/mol. The highest BCUT2D eigenvalue weighted by Gasteiger charge is 2.37. The van der Waals surface area contributed by atoms with Crippen molar-refractivity contribution in [3.05, 3.63) is 24.3 Å². The summed E-state index contributed by atoms with van der Waals surface area (Å²) >= 11 is 0. The summed E-state index contributed by atoms with van der Waals surface area (Å²) < 4.78 is 37.7. The van der Waals surface area contributed by atoms with Crippen LogP contribution in [0.15, 0.2) is 24.3 Å². The summed E-state index contributed by atoms with van der Waals surface area (Å²) in [5, 5.41) is 25.5. The van der Waals surface area contributed by atoms with Crippen LogP contribution in [0.25, 0.3) is 0 Å². The molecule has 1 aliphatic carbocycles. The minimum Gasteiger partial charge on any atom is -0.481 e. The molecule has 374 valence electrons. The summed E-state index contributed by atoms with van der Waals surface area (Å²) in [7, 11) is 0.551. The summed E-state index contributed by atoms with van der Waals surface area (Å²) in [6, 6.07) is -4.88. The van der Waals surface area contributed by atoms with E-state index in [0.717, 1.165) is 4.90 Å². The number of aliphatic carboxylic acids is 1. The van der Waals surface area contributed by atoms with Crippen molar-refractivity contribution < 1.29 is 71.5 Å². The topological polar surface area (TPSA) is 295 Å². The van der Waals surface area contributed by atoms with Gasteiger partial charge in [-0.1, -0.05) is 44.1 Å². The molecule has 23 heteroatoms. The molecule has 0 saturated carbocycles. The fraction of sp³-hybridized carbons (Fsp3) is 0.721. The van der Waals surface area contributed by atoms with Gasteiger partial charge in [0, 0.05) is 46.3 Å². The average molecular weight is 958 g/mol. The van der Waals surface area contributed by atoms with Crippen LogP contribution in [0.3, 0.4) is 0 Å². The van der Waals surface area contributed by atoms with Crippen LogP contribution in [0, 0.1) is 5.92 Å². The number of amides is 7. The summed E-state index contributed by atoms with van der Waals surface area (Å²) in [6.45, 7) is 4.41. The zero-order valence-electron chi connectivity index (χ0n) is 38.6. The van der Waals surface area contributed by atoms with Crippen LogP contribution < -0.4 is 31.9 Å². The Hall–Kier alpha value is -4.73. The van der Waals surface area contributed by atoms with E-state index in [1.807, 2.05) is 31.2 Å². The zero-order valence-corrected chi connectivity index (χ0v) is 39.6. The van der Waals surface area contributed by atoms with Gasteiger partial charge in [0.05, 0.1) is 65.8 Å². The molecule has 1 aliphatic heterocycles. The molecule has 0 aromatic rings. The second kappa shape index (κ2) is 34.6. The van der Waals surface area contributed by atoms with E-state index in [0.29, 0.717) is 78.3 Å². The molecule has 4 unspecified atom stereocenters. The number of likely N-dealkylation sites (N-methyl/N-ethyl adjacent to an activating group) is 1. The fourth-order valence-corrected chi connectivity index (χ4v) is 7.35. The molecule has 2 rings (SSSR count). The van der Waals surface area contributed by atoms with Crippen LogP contribution >= 0.6 is 8.03 Å². The highest BCUT2D eigenvalue weighted by Crippen LogP contribution is 2.22. The molecule has 22 nitrogen and oxygen atoms in total. The Labute approximate surface area is 387 Å². The molecule has 0 spiro atoms. The van der Waals surface area contributed by atoms with Crippen molar-refractivity contribution >= 4 is 55.3 Å². The fourth-order valence-electron chi connectivity index (χ4n) is 6.72. The third-order valence-corrected chi connectivity index (χ3v) is 11.6. The highest BCUT2D eigenvalue weighted by atomic mass is 31.1. The van der Waals surface area contributed by atoms with Gasteiger partial charge >= 0.3 is 5.97 Å². The normalized spacial score (nSPS) is 21.2. The van der Waals surface area contributed by atoms with Crippen molar-refractivity contribution in [2.45, 2.75) is 102 Å². The Morgan fingerprint density at radius 2 is 1.36 bits per heavy atom. The summed E-state index contributed by atoms with van der Waals surface area (Å²) in [5.41, 5.74) is 0. The van der Waals surface area contributed by atoms with E-state index in [1.54, 1.807) is 0 Å². The molecular formula is C43H72N7O15P. The quantitative estimate of drug-likeness (QED) is 0.0354. The summed E-state index contributed by atoms with van der Waals surface area (Å²) in [4.78, 5) is 105. The molecule has 1 heterocycles. The van der Waals surface area contributed by atoms with Crippen LogP contribution in [-0.2, 0) is 66.4 Å². The number of unbranched alkanes of at least 4 members (excludes halogenated alkanes) is 2. The molecule has 0 radical (unpaired) electrons. The van der Waals surface area contributed by atoms with E-state index in [1.165, 1.54) is 14.2 Å². The number of carbonyl (C=O) groups is 8. The molecule has 1 saturated heterocycles. The first kappa shape index (κ1) is 57.4. The number of carboxylic acid groups (broad SMARTS) is 1. The maximum atomic E-state index is 14.1. The molecule has 6 atom stereocenters. The Bertz CT molecular complexity index is 1630. The van der Waals surface area contributed by atoms with Gasteiger partial charge in [0.25, 0.3) is 0 Å². The minimum absolute atomic E-state index is 0.110. The van der Waals surface area contributed by atoms with E-state index in [9.17, 15) is 48.0 Å². The summed E-state index contributed by atoms with van der Waals surface area (Å²) in [6.07, 6.45) is 10.4. The first-order chi connectivity index (χ1) is 31.7. The Morgan fingerprint density at radius 1 is 0.758 bits per heavy atom. The maximum Gasteiger partial charge on any atom is 0.305 e. The molecule has 0 bridgehead atoms. The molecule has 2 aliphatic rings. The van der Waals surface area contributed by atoms with Gasteiger partial charge in [-0.2, -0.15) is 0 Å². The van der Waals surface area contributed by atoms with Gasteiger partial charge in [-0.05, 0) is 44.4 Å². The van der Waals surface area contributed by atoms with Gasteiger partial charge in [-0.3, -0.25) is 42.9 Å². The molecule has 0 aromatic heterocycles. The number of nitrogens with zero attached hydrogens (tertiary/aromatic N) is 1. The largest absolute Gasteiger partial charge is 0.481 e. The van der Waals surface area contributed by atoms with Crippen molar-refractivity contribution in [1.82, 2.24) is 36.8 Å². The van der Waals surface area contributed by atoms with Gasteiger partial charge in [0.15, 0.2) is 8.03 Å². The predicted molar refractivity (Wildman–Crippen MR) is 241 cm³/mol. The molecule has 66 heavy (non-hydrogen) atoms. The first-order valence-corrected chi connectivity index (χ1v) is 24.2. The number of ether oxygens (including phenoxy) is 4. The highest BCUT2D eigenvalue weighted by molar-refractivity contribution is 7.39. The lowest BCUT2D eigenvalue weighted by atomic mass is 9.91. The summed E-state index contributed by atoms with van der Waals surface area (Å²) in [5.74, 6) is -5.57. The smallest absolute Gasteiger partial charge is 0.305 e. The number of hydrogen-bond donors (Lipinski definition) is 7. The van der Waals surface area contributed by atoms with E-state index in [-0.39, 0.29) is 75.8 Å². The minimum atomic E-state index is -2.15. The lowest BCUT2D eigenvalue weighted by molar-refractivity contribution is -0.146. The van der Waals surface area contributed by atoms with Gasteiger partial charge in [-0.25, -0.2) is 0 Å². The van der Waals surface area contributed by atoms with E-state index in [4.69, 9.17) is 18.9 Å². The van der Waals surface area contributed by atoms with Gasteiger partial charge < -0.3 is 65.4 Å². The Morgan fingerprint density at radius 3 is 2.00 bits per heavy atom. The van der Waals surface area contributed by atoms with E-state index in [2.05, 4.69) is 36.4 Å². The van der Waals surface area contributed by atoms with Crippen molar-refractivity contribution in [2.24, 2.45) is 5.92 Å². The standard InChI is InChI=1S/C43H72N7O15P/c1-4-5-13-32-40(56)46-30-38(53)47-34(29-39(54)55)43(59)50(2)35(28-31-11-7-6-8-12-31)42(58)49-33(41(57)48-32)14-9-10-17-44-36(51)15-19-62-21-23-64-25-26-65-24-22-63-20-18-45-37(52)16-27-66(60)61-3/h6-8,11,31-35,66H,4-5,9-10,12-30H2,1-3H3,(H,44,51)(H,45,52)(H,46,56)(H,47,53)(H,48,57)(H,49,58)(H,54,55)/t31?,32?,33-,34-,35?/m0/s1. The van der Waals surface area contributed by atoms with Crippen LogP contribution in [0.2, 0.25) is 0 Å². The third-order valence-electron chi connectivity index (χ3n) is 10.4. The van der Waals surface area contributed by atoms with E-state index >= 15 is 0 Å². The second-order valence-corrected chi connectivity index (χ2v) is 17.3. The molecule has 1 fully saturated rings. The molecule has 0 aromatic carbocycles. The SMILES string of the molecule is CCCCC1NC(=O)[C@H](CCCCNC(=O)CCOCCOCCOCCOCCNC(=O)CC[PH](=O)OC)NC(=O)C(CC2C=CC=CC2)N(C)C(=O)[C@H](CC(=O)O)NC(=O)CNC1=O. The number of nitrogens with one attached hydrogen (secondary N) is 6. The van der Waals surface area contributed by atoms with Crippen LogP contribution in [0.5, 0.6) is 0 Å². The van der Waals surface area contributed by atoms with Gasteiger partial charge in [-0.15, -0.1) is 0 Å². The van der Waals surface area contributed by atoms with Crippen LogP contribution in [-0.4, -0.2) is 174 Å².